The summed E-state index contributed by atoms with van der Waals surface area (Å²) in [5.41, 5.74) is -1.21. The number of nitrogens with zero attached hydrogens (tertiary/aromatic N) is 4. The second-order valence-corrected chi connectivity index (χ2v) is 7.83. The van der Waals surface area contributed by atoms with E-state index in [9.17, 15) is 29.4 Å². The van der Waals surface area contributed by atoms with Crippen LogP contribution in [0.25, 0.3) is 0 Å². The van der Waals surface area contributed by atoms with Gasteiger partial charge in [-0.3, -0.25) is 33.9 Å². The van der Waals surface area contributed by atoms with Crippen molar-refractivity contribution >= 4 is 23.9 Å². The van der Waals surface area contributed by atoms with E-state index in [1.54, 1.807) is 0 Å². The standard InChI is InChI=1S/C18H30N4O8/c23-14(24)11-21(12-15(25)26)8-7-20-6-5-19-3-1-18(2-4-19,17(29)30)22(10-9-20)13-16(27)28/h1-13H2,(H,23,24)(H,25,26)(H,27,28)(H,29,30). The van der Waals surface area contributed by atoms with Crippen LogP contribution in [0.15, 0.2) is 0 Å². The minimum Gasteiger partial charge on any atom is -0.480 e. The third kappa shape index (κ3) is 6.62. The quantitative estimate of drug-likeness (QED) is 0.304. The van der Waals surface area contributed by atoms with Gasteiger partial charge in [0.25, 0.3) is 0 Å². The first-order chi connectivity index (χ1) is 14.1. The summed E-state index contributed by atoms with van der Waals surface area (Å²) < 4.78 is 0. The molecule has 0 spiro atoms. The Morgan fingerprint density at radius 1 is 0.767 bits per heavy atom. The van der Waals surface area contributed by atoms with Crippen molar-refractivity contribution in [1.82, 2.24) is 19.6 Å². The van der Waals surface area contributed by atoms with Gasteiger partial charge in [-0.15, -0.1) is 0 Å². The summed E-state index contributed by atoms with van der Waals surface area (Å²) in [6.07, 6.45) is 0.723. The first-order valence-electron chi connectivity index (χ1n) is 9.93. The zero-order valence-corrected chi connectivity index (χ0v) is 16.9. The Morgan fingerprint density at radius 3 is 1.83 bits per heavy atom. The Labute approximate surface area is 174 Å². The van der Waals surface area contributed by atoms with Crippen molar-refractivity contribution in [2.24, 2.45) is 0 Å². The molecule has 2 bridgehead atoms. The first-order valence-corrected chi connectivity index (χ1v) is 9.93. The van der Waals surface area contributed by atoms with E-state index in [-0.39, 0.29) is 32.7 Å². The molecule has 4 N–H and O–H groups in total. The average Bonchev–Trinajstić information content (AvgIpc) is 2.65. The Balaban J connectivity index is 2.10. The molecule has 170 valence electrons. The van der Waals surface area contributed by atoms with Crippen LogP contribution in [0, 0.1) is 0 Å². The molecule has 0 aromatic rings. The van der Waals surface area contributed by atoms with Crippen molar-refractivity contribution in [1.29, 1.82) is 0 Å². The maximum atomic E-state index is 12.1. The fraction of sp³-hybridized carbons (Fsp3) is 0.778. The van der Waals surface area contributed by atoms with Crippen molar-refractivity contribution in [3.63, 3.8) is 0 Å². The predicted molar refractivity (Wildman–Crippen MR) is 103 cm³/mol. The molecule has 0 aromatic heterocycles. The first kappa shape index (κ1) is 24.0. The van der Waals surface area contributed by atoms with Gasteiger partial charge in [-0.25, -0.2) is 0 Å². The highest BCUT2D eigenvalue weighted by molar-refractivity contribution is 5.80. The van der Waals surface area contributed by atoms with Gasteiger partial charge in [0.05, 0.1) is 19.6 Å². The molecular formula is C18H30N4O8. The number of hydrogen-bond donors (Lipinski definition) is 4. The summed E-state index contributed by atoms with van der Waals surface area (Å²) in [6, 6.07) is 0. The Kier molecular flexibility index (Phi) is 8.53. The van der Waals surface area contributed by atoms with E-state index in [0.29, 0.717) is 52.1 Å². The number of hydrogen-bond acceptors (Lipinski definition) is 8. The minimum absolute atomic E-state index is 0.224. The highest BCUT2D eigenvalue weighted by Gasteiger charge is 2.47. The molecule has 3 saturated heterocycles. The third-order valence-corrected chi connectivity index (χ3v) is 5.88. The molecule has 12 nitrogen and oxygen atoms in total. The zero-order chi connectivity index (χ0) is 22.3. The van der Waals surface area contributed by atoms with Crippen LogP contribution >= 0.6 is 0 Å². The van der Waals surface area contributed by atoms with Gasteiger partial charge in [0.2, 0.25) is 0 Å². The number of rotatable bonds is 10. The van der Waals surface area contributed by atoms with Gasteiger partial charge in [0, 0.05) is 52.4 Å². The van der Waals surface area contributed by atoms with Crippen molar-refractivity contribution in [3.05, 3.63) is 0 Å². The lowest BCUT2D eigenvalue weighted by Crippen LogP contribution is -2.63. The van der Waals surface area contributed by atoms with Gasteiger partial charge in [-0.2, -0.15) is 0 Å². The molecular weight excluding hydrogens is 400 g/mol. The van der Waals surface area contributed by atoms with Gasteiger partial charge < -0.3 is 25.3 Å². The second kappa shape index (κ2) is 10.7. The summed E-state index contributed by atoms with van der Waals surface area (Å²) in [5, 5.41) is 37.2. The summed E-state index contributed by atoms with van der Waals surface area (Å²) in [6.45, 7) is 2.60. The van der Waals surface area contributed by atoms with Gasteiger partial charge in [0.15, 0.2) is 0 Å². The molecule has 0 amide bonds. The topological polar surface area (TPSA) is 162 Å². The summed E-state index contributed by atoms with van der Waals surface area (Å²) in [7, 11) is 0. The second-order valence-electron chi connectivity index (χ2n) is 7.83. The van der Waals surface area contributed by atoms with Crippen LogP contribution in [0.3, 0.4) is 0 Å². The van der Waals surface area contributed by atoms with Gasteiger partial charge in [-0.05, 0) is 12.8 Å². The highest BCUT2D eigenvalue weighted by Crippen LogP contribution is 2.30. The fourth-order valence-electron chi connectivity index (χ4n) is 4.18. The molecule has 12 heteroatoms. The van der Waals surface area contributed by atoms with Crippen molar-refractivity contribution < 1.29 is 39.6 Å². The molecule has 30 heavy (non-hydrogen) atoms. The average molecular weight is 430 g/mol. The fourth-order valence-corrected chi connectivity index (χ4v) is 4.18. The van der Waals surface area contributed by atoms with Crippen LogP contribution in [-0.2, 0) is 19.2 Å². The van der Waals surface area contributed by atoms with E-state index in [2.05, 4.69) is 4.90 Å². The molecule has 3 fully saturated rings. The normalized spacial score (nSPS) is 25.8. The van der Waals surface area contributed by atoms with Crippen LogP contribution < -0.4 is 0 Å². The Bertz CT molecular complexity index is 634. The lowest BCUT2D eigenvalue weighted by Gasteiger charge is -2.47. The zero-order valence-electron chi connectivity index (χ0n) is 16.9. The number of aliphatic carboxylic acids is 4. The van der Waals surface area contributed by atoms with E-state index in [4.69, 9.17) is 10.2 Å². The molecule has 3 heterocycles. The largest absolute Gasteiger partial charge is 0.480 e. The minimum atomic E-state index is -1.21. The van der Waals surface area contributed by atoms with Crippen molar-refractivity contribution in [2.45, 2.75) is 18.4 Å². The lowest BCUT2D eigenvalue weighted by atomic mass is 9.85. The number of carbonyl (C=O) groups is 4. The summed E-state index contributed by atoms with van der Waals surface area (Å²) in [5.74, 6) is -4.33. The van der Waals surface area contributed by atoms with Crippen molar-refractivity contribution in [3.8, 4) is 0 Å². The number of carboxylic acid groups (broad SMARTS) is 4. The van der Waals surface area contributed by atoms with Crippen molar-refractivity contribution in [2.75, 3.05) is 72.0 Å². The van der Waals surface area contributed by atoms with Crippen LogP contribution in [0.2, 0.25) is 0 Å². The number of carboxylic acids is 4. The molecule has 3 rings (SSSR count). The molecule has 3 aliphatic rings. The molecule has 3 aliphatic heterocycles. The molecule has 0 aliphatic carbocycles. The van der Waals surface area contributed by atoms with E-state index in [1.807, 2.05) is 4.90 Å². The molecule has 0 atom stereocenters. The van der Waals surface area contributed by atoms with Gasteiger partial charge in [0.1, 0.15) is 5.54 Å². The van der Waals surface area contributed by atoms with Crippen LogP contribution in [0.1, 0.15) is 12.8 Å². The molecule has 0 radical (unpaired) electrons. The number of piperidine rings is 1. The van der Waals surface area contributed by atoms with E-state index >= 15 is 0 Å². The van der Waals surface area contributed by atoms with E-state index in [1.165, 1.54) is 9.80 Å². The van der Waals surface area contributed by atoms with E-state index < -0.39 is 29.4 Å². The van der Waals surface area contributed by atoms with E-state index in [0.717, 1.165) is 0 Å². The maximum absolute atomic E-state index is 12.1. The maximum Gasteiger partial charge on any atom is 0.324 e. The molecule has 0 saturated carbocycles. The third-order valence-electron chi connectivity index (χ3n) is 5.88. The van der Waals surface area contributed by atoms with Crippen LogP contribution in [0.5, 0.6) is 0 Å². The number of fused-ring (bicyclic) bond motifs is 7. The lowest BCUT2D eigenvalue weighted by molar-refractivity contribution is -0.159. The smallest absolute Gasteiger partial charge is 0.324 e. The molecule has 0 aromatic carbocycles. The Morgan fingerprint density at radius 2 is 1.33 bits per heavy atom. The van der Waals surface area contributed by atoms with Crippen LogP contribution in [0.4, 0.5) is 0 Å². The van der Waals surface area contributed by atoms with Gasteiger partial charge in [-0.1, -0.05) is 0 Å². The van der Waals surface area contributed by atoms with Gasteiger partial charge >= 0.3 is 23.9 Å². The van der Waals surface area contributed by atoms with Crippen LogP contribution in [-0.4, -0.2) is 141 Å². The predicted octanol–water partition coefficient (Wildman–Crippen LogP) is -1.92. The molecule has 0 unspecified atom stereocenters. The Hall–Kier alpha value is -2.28. The summed E-state index contributed by atoms with van der Waals surface area (Å²) >= 11 is 0. The highest BCUT2D eigenvalue weighted by atomic mass is 16.4. The SMILES string of the molecule is O=C(O)CN(CCN1CCN2CCC(C(=O)O)(CC2)N(CC(=O)O)CC1)CC(=O)O. The summed E-state index contributed by atoms with van der Waals surface area (Å²) in [4.78, 5) is 52.5. The monoisotopic (exact) mass is 430 g/mol.